The van der Waals surface area contributed by atoms with E-state index in [2.05, 4.69) is 5.32 Å². The van der Waals surface area contributed by atoms with Crippen molar-refractivity contribution >= 4 is 34.3 Å². The standard InChI is InChI=1S/C24H20N2O4S/c1-15-20(17-7-5-4-6-8-17)21(24(28)30-3)23(31-15)26-22(27)18(14-25)13-16-9-11-19(29-2)12-10-16/h4-13H,1-3H3,(H,26,27). The molecule has 0 spiro atoms. The third-order valence-corrected chi connectivity index (χ3v) is 5.58. The number of carbonyl (C=O) groups is 2. The highest BCUT2D eigenvalue weighted by atomic mass is 32.1. The van der Waals surface area contributed by atoms with E-state index < -0.39 is 11.9 Å². The first-order valence-corrected chi connectivity index (χ1v) is 10.1. The summed E-state index contributed by atoms with van der Waals surface area (Å²) >= 11 is 1.26. The molecule has 0 aliphatic carbocycles. The molecule has 0 unspecified atom stereocenters. The van der Waals surface area contributed by atoms with Gasteiger partial charge in [0.1, 0.15) is 28.0 Å². The first-order chi connectivity index (χ1) is 15.0. The highest BCUT2D eigenvalue weighted by molar-refractivity contribution is 7.17. The van der Waals surface area contributed by atoms with Gasteiger partial charge in [-0.1, -0.05) is 42.5 Å². The van der Waals surface area contributed by atoms with Gasteiger partial charge in [-0.15, -0.1) is 11.3 Å². The molecule has 0 radical (unpaired) electrons. The van der Waals surface area contributed by atoms with E-state index in [1.807, 2.05) is 43.3 Å². The number of ether oxygens (including phenoxy) is 2. The minimum atomic E-state index is -0.607. The fourth-order valence-electron chi connectivity index (χ4n) is 3.07. The number of nitrogens with zero attached hydrogens (tertiary/aromatic N) is 1. The molecule has 0 bridgehead atoms. The van der Waals surface area contributed by atoms with Crippen LogP contribution in [0.3, 0.4) is 0 Å². The van der Waals surface area contributed by atoms with Gasteiger partial charge in [-0.2, -0.15) is 5.26 Å². The zero-order chi connectivity index (χ0) is 22.4. The predicted octanol–water partition coefficient (Wildman–Crippen LogP) is 5.06. The van der Waals surface area contributed by atoms with Crippen molar-refractivity contribution in [2.45, 2.75) is 6.92 Å². The number of nitrogens with one attached hydrogen (secondary N) is 1. The number of nitriles is 1. The molecule has 3 aromatic rings. The molecule has 31 heavy (non-hydrogen) atoms. The van der Waals surface area contributed by atoms with E-state index in [4.69, 9.17) is 9.47 Å². The second-order valence-electron chi connectivity index (χ2n) is 6.49. The number of amides is 1. The van der Waals surface area contributed by atoms with Crippen LogP contribution in [0.4, 0.5) is 5.00 Å². The number of thiophene rings is 1. The van der Waals surface area contributed by atoms with Gasteiger partial charge in [-0.25, -0.2) is 4.79 Å². The van der Waals surface area contributed by atoms with Gasteiger partial charge in [-0.05, 0) is 36.3 Å². The van der Waals surface area contributed by atoms with Gasteiger partial charge in [0.2, 0.25) is 0 Å². The molecule has 2 aromatic carbocycles. The van der Waals surface area contributed by atoms with E-state index in [0.717, 1.165) is 10.4 Å². The molecule has 1 heterocycles. The molecule has 1 aromatic heterocycles. The number of aryl methyl sites for hydroxylation is 1. The summed E-state index contributed by atoms with van der Waals surface area (Å²) in [5, 5.41) is 12.6. The Morgan fingerprint density at radius 3 is 2.32 bits per heavy atom. The summed E-state index contributed by atoms with van der Waals surface area (Å²) in [6.07, 6.45) is 1.48. The molecule has 0 aliphatic rings. The summed E-state index contributed by atoms with van der Waals surface area (Å²) in [5.74, 6) is -0.495. The van der Waals surface area contributed by atoms with Crippen molar-refractivity contribution < 1.29 is 19.1 Å². The quantitative estimate of drug-likeness (QED) is 0.334. The predicted molar refractivity (Wildman–Crippen MR) is 121 cm³/mol. The molecule has 7 heteroatoms. The van der Waals surface area contributed by atoms with E-state index in [9.17, 15) is 14.9 Å². The third kappa shape index (κ3) is 4.82. The molecular weight excluding hydrogens is 412 g/mol. The molecule has 1 N–H and O–H groups in total. The summed E-state index contributed by atoms with van der Waals surface area (Å²) in [4.78, 5) is 26.2. The van der Waals surface area contributed by atoms with E-state index >= 15 is 0 Å². The lowest BCUT2D eigenvalue weighted by atomic mass is 10.0. The molecular formula is C24H20N2O4S. The molecule has 0 saturated heterocycles. The summed E-state index contributed by atoms with van der Waals surface area (Å²) in [6.45, 7) is 1.87. The maximum absolute atomic E-state index is 12.8. The van der Waals surface area contributed by atoms with E-state index in [1.165, 1.54) is 24.5 Å². The average molecular weight is 433 g/mol. The fourth-order valence-corrected chi connectivity index (χ4v) is 4.13. The highest BCUT2D eigenvalue weighted by Gasteiger charge is 2.25. The Kier molecular flexibility index (Phi) is 6.85. The smallest absolute Gasteiger partial charge is 0.341 e. The van der Waals surface area contributed by atoms with Crippen LogP contribution in [0, 0.1) is 18.3 Å². The SMILES string of the molecule is COC(=O)c1c(NC(=O)C(C#N)=Cc2ccc(OC)cc2)sc(C)c1-c1ccccc1. The van der Waals surface area contributed by atoms with Crippen LogP contribution in [0.1, 0.15) is 20.8 Å². The fraction of sp³-hybridized carbons (Fsp3) is 0.125. The van der Waals surface area contributed by atoms with Crippen molar-refractivity contribution in [3.05, 3.63) is 76.2 Å². The summed E-state index contributed by atoms with van der Waals surface area (Å²) < 4.78 is 10.1. The number of rotatable bonds is 6. The monoisotopic (exact) mass is 432 g/mol. The molecule has 0 aliphatic heterocycles. The zero-order valence-electron chi connectivity index (χ0n) is 17.3. The van der Waals surface area contributed by atoms with Crippen LogP contribution in [0.25, 0.3) is 17.2 Å². The Bertz CT molecular complexity index is 1170. The van der Waals surface area contributed by atoms with Gasteiger partial charge in [0.15, 0.2) is 0 Å². The van der Waals surface area contributed by atoms with Gasteiger partial charge in [0.05, 0.1) is 14.2 Å². The van der Waals surface area contributed by atoms with Gasteiger partial charge in [0, 0.05) is 10.4 Å². The minimum absolute atomic E-state index is 0.0895. The second kappa shape index (κ2) is 9.74. The Balaban J connectivity index is 1.97. The lowest BCUT2D eigenvalue weighted by Gasteiger charge is -2.08. The van der Waals surface area contributed by atoms with Crippen LogP contribution in [-0.2, 0) is 9.53 Å². The minimum Gasteiger partial charge on any atom is -0.497 e. The summed E-state index contributed by atoms with van der Waals surface area (Å²) in [6, 6.07) is 18.3. The average Bonchev–Trinajstić information content (AvgIpc) is 3.13. The van der Waals surface area contributed by atoms with Gasteiger partial charge < -0.3 is 14.8 Å². The molecule has 0 atom stereocenters. The summed E-state index contributed by atoms with van der Waals surface area (Å²) in [7, 11) is 2.85. The Labute approximate surface area is 184 Å². The van der Waals surface area contributed by atoms with Crippen molar-refractivity contribution in [3.8, 4) is 22.9 Å². The maximum Gasteiger partial charge on any atom is 0.341 e. The number of benzene rings is 2. The lowest BCUT2D eigenvalue weighted by Crippen LogP contribution is -2.15. The number of methoxy groups -OCH3 is 2. The molecule has 156 valence electrons. The molecule has 0 saturated carbocycles. The van der Waals surface area contributed by atoms with Crippen LogP contribution >= 0.6 is 11.3 Å². The Hall–Kier alpha value is -3.89. The molecule has 0 fully saturated rings. The van der Waals surface area contributed by atoms with E-state index in [-0.39, 0.29) is 11.1 Å². The highest BCUT2D eigenvalue weighted by Crippen LogP contribution is 2.40. The largest absolute Gasteiger partial charge is 0.497 e. The van der Waals surface area contributed by atoms with Crippen molar-refractivity contribution in [3.63, 3.8) is 0 Å². The van der Waals surface area contributed by atoms with Gasteiger partial charge in [-0.3, -0.25) is 4.79 Å². The molecule has 3 rings (SSSR count). The normalized spacial score (nSPS) is 10.8. The van der Waals surface area contributed by atoms with Crippen molar-refractivity contribution in [2.24, 2.45) is 0 Å². The first kappa shape index (κ1) is 21.8. The summed E-state index contributed by atoms with van der Waals surface area (Å²) in [5.41, 5.74) is 2.39. The second-order valence-corrected chi connectivity index (χ2v) is 7.72. The van der Waals surface area contributed by atoms with E-state index in [0.29, 0.717) is 21.9 Å². The van der Waals surface area contributed by atoms with Crippen LogP contribution in [0.2, 0.25) is 0 Å². The molecule has 1 amide bonds. The van der Waals surface area contributed by atoms with E-state index in [1.54, 1.807) is 31.4 Å². The Morgan fingerprint density at radius 1 is 1.06 bits per heavy atom. The van der Waals surface area contributed by atoms with Gasteiger partial charge >= 0.3 is 5.97 Å². The number of anilines is 1. The van der Waals surface area contributed by atoms with Crippen LogP contribution in [0.5, 0.6) is 5.75 Å². The van der Waals surface area contributed by atoms with Crippen molar-refractivity contribution in [1.29, 1.82) is 5.26 Å². The Morgan fingerprint density at radius 2 is 1.74 bits per heavy atom. The van der Waals surface area contributed by atoms with Crippen LogP contribution in [0.15, 0.2) is 60.2 Å². The number of esters is 1. The lowest BCUT2D eigenvalue weighted by molar-refractivity contribution is -0.112. The molecule has 6 nitrogen and oxygen atoms in total. The maximum atomic E-state index is 12.8. The number of hydrogen-bond acceptors (Lipinski definition) is 6. The van der Waals surface area contributed by atoms with Crippen molar-refractivity contribution in [2.75, 3.05) is 19.5 Å². The number of carbonyl (C=O) groups excluding carboxylic acids is 2. The van der Waals surface area contributed by atoms with Crippen LogP contribution in [-0.4, -0.2) is 26.1 Å². The topological polar surface area (TPSA) is 88.4 Å². The zero-order valence-corrected chi connectivity index (χ0v) is 18.1. The number of hydrogen-bond donors (Lipinski definition) is 1. The third-order valence-electron chi connectivity index (χ3n) is 4.56. The first-order valence-electron chi connectivity index (χ1n) is 9.32. The van der Waals surface area contributed by atoms with Crippen LogP contribution < -0.4 is 10.1 Å². The van der Waals surface area contributed by atoms with Crippen molar-refractivity contribution in [1.82, 2.24) is 0 Å². The van der Waals surface area contributed by atoms with Gasteiger partial charge in [0.25, 0.3) is 5.91 Å².